The molecule has 0 aliphatic carbocycles. The van der Waals surface area contributed by atoms with Crippen molar-refractivity contribution in [2.75, 3.05) is 5.73 Å². The average Bonchev–Trinajstić information content (AvgIpc) is 2.42. The maximum atomic E-state index is 12.0. The van der Waals surface area contributed by atoms with Crippen molar-refractivity contribution in [1.29, 1.82) is 0 Å². The second-order valence-electron chi connectivity index (χ2n) is 4.54. The molecule has 1 aromatic heterocycles. The van der Waals surface area contributed by atoms with Crippen molar-refractivity contribution in [2.24, 2.45) is 0 Å². The Morgan fingerprint density at radius 1 is 1.05 bits per heavy atom. The minimum absolute atomic E-state index is 0.0454. The van der Waals surface area contributed by atoms with Crippen molar-refractivity contribution in [3.8, 4) is 11.3 Å². The summed E-state index contributed by atoms with van der Waals surface area (Å²) in [5.41, 5.74) is 8.94. The Labute approximate surface area is 110 Å². The van der Waals surface area contributed by atoms with Gasteiger partial charge in [0, 0.05) is 17.3 Å². The maximum Gasteiger partial charge on any atom is 0.193 e. The number of hydrogen-bond acceptors (Lipinski definition) is 3. The number of fused-ring (bicyclic) bond motifs is 1. The molecule has 0 fully saturated rings. The first-order chi connectivity index (χ1) is 9.15. The zero-order chi connectivity index (χ0) is 13.4. The standard InChI is InChI=1S/C16H13NO2/c1-10-6-7-11(8-13(10)17)16-9-14(18)12-4-2-3-5-15(12)19-16/h2-9H,17H2,1H3. The average molecular weight is 251 g/mol. The third-order valence-electron chi connectivity index (χ3n) is 3.20. The molecule has 0 saturated heterocycles. The summed E-state index contributed by atoms with van der Waals surface area (Å²) in [5, 5.41) is 0.589. The van der Waals surface area contributed by atoms with Gasteiger partial charge in [0.05, 0.1) is 5.39 Å². The highest BCUT2D eigenvalue weighted by Gasteiger charge is 2.07. The van der Waals surface area contributed by atoms with Gasteiger partial charge in [-0.3, -0.25) is 4.79 Å². The number of anilines is 1. The van der Waals surface area contributed by atoms with Crippen molar-refractivity contribution < 1.29 is 4.42 Å². The second kappa shape index (κ2) is 4.28. The highest BCUT2D eigenvalue weighted by Crippen LogP contribution is 2.25. The molecule has 0 unspecified atom stereocenters. The molecule has 0 radical (unpaired) electrons. The molecular weight excluding hydrogens is 238 g/mol. The molecule has 3 aromatic rings. The number of hydrogen-bond donors (Lipinski definition) is 1. The number of nitrogens with two attached hydrogens (primary N) is 1. The van der Waals surface area contributed by atoms with Gasteiger partial charge in [0.15, 0.2) is 5.43 Å². The van der Waals surface area contributed by atoms with Gasteiger partial charge in [-0.25, -0.2) is 0 Å². The fraction of sp³-hybridized carbons (Fsp3) is 0.0625. The van der Waals surface area contributed by atoms with Gasteiger partial charge in [-0.05, 0) is 30.7 Å². The van der Waals surface area contributed by atoms with Gasteiger partial charge >= 0.3 is 0 Å². The SMILES string of the molecule is Cc1ccc(-c2cc(=O)c3ccccc3o2)cc1N. The van der Waals surface area contributed by atoms with E-state index in [0.717, 1.165) is 11.1 Å². The van der Waals surface area contributed by atoms with E-state index < -0.39 is 0 Å². The molecule has 0 spiro atoms. The van der Waals surface area contributed by atoms with Crippen LogP contribution in [0.1, 0.15) is 5.56 Å². The summed E-state index contributed by atoms with van der Waals surface area (Å²) in [6.07, 6.45) is 0. The molecule has 0 atom stereocenters. The van der Waals surface area contributed by atoms with Gasteiger partial charge in [0.25, 0.3) is 0 Å². The fourth-order valence-corrected chi connectivity index (χ4v) is 2.04. The summed E-state index contributed by atoms with van der Waals surface area (Å²) in [6.45, 7) is 1.94. The van der Waals surface area contributed by atoms with E-state index in [-0.39, 0.29) is 5.43 Å². The van der Waals surface area contributed by atoms with Gasteiger partial charge in [0.2, 0.25) is 0 Å². The van der Waals surface area contributed by atoms with Crippen LogP contribution in [0.15, 0.2) is 57.7 Å². The molecule has 2 N–H and O–H groups in total. The monoisotopic (exact) mass is 251 g/mol. The van der Waals surface area contributed by atoms with Crippen LogP contribution in [-0.4, -0.2) is 0 Å². The molecule has 19 heavy (non-hydrogen) atoms. The minimum Gasteiger partial charge on any atom is -0.456 e. The van der Waals surface area contributed by atoms with Crippen LogP contribution in [0.4, 0.5) is 5.69 Å². The number of rotatable bonds is 1. The molecule has 0 saturated carbocycles. The third kappa shape index (κ3) is 1.99. The number of para-hydroxylation sites is 1. The van der Waals surface area contributed by atoms with Crippen LogP contribution in [0.2, 0.25) is 0 Å². The molecule has 0 bridgehead atoms. The topological polar surface area (TPSA) is 56.2 Å². The Morgan fingerprint density at radius 2 is 1.84 bits per heavy atom. The van der Waals surface area contributed by atoms with Gasteiger partial charge in [-0.1, -0.05) is 24.3 Å². The zero-order valence-electron chi connectivity index (χ0n) is 10.5. The van der Waals surface area contributed by atoms with E-state index in [9.17, 15) is 4.79 Å². The molecular formula is C16H13NO2. The lowest BCUT2D eigenvalue weighted by atomic mass is 10.1. The molecule has 0 aliphatic rings. The Morgan fingerprint density at radius 3 is 2.63 bits per heavy atom. The largest absolute Gasteiger partial charge is 0.456 e. The number of nitrogen functional groups attached to an aromatic ring is 1. The van der Waals surface area contributed by atoms with Crippen LogP contribution in [0.25, 0.3) is 22.3 Å². The molecule has 2 aromatic carbocycles. The van der Waals surface area contributed by atoms with Gasteiger partial charge in [0.1, 0.15) is 11.3 Å². The van der Waals surface area contributed by atoms with Crippen LogP contribution >= 0.6 is 0 Å². The lowest BCUT2D eigenvalue weighted by Gasteiger charge is -2.05. The van der Waals surface area contributed by atoms with E-state index in [0.29, 0.717) is 22.4 Å². The van der Waals surface area contributed by atoms with Crippen molar-refractivity contribution in [3.63, 3.8) is 0 Å². The summed E-state index contributed by atoms with van der Waals surface area (Å²) < 4.78 is 5.77. The molecule has 3 rings (SSSR count). The Kier molecular flexibility index (Phi) is 2.60. The first-order valence-corrected chi connectivity index (χ1v) is 6.04. The Hall–Kier alpha value is -2.55. The summed E-state index contributed by atoms with van der Waals surface area (Å²) >= 11 is 0. The van der Waals surface area contributed by atoms with Crippen LogP contribution in [-0.2, 0) is 0 Å². The van der Waals surface area contributed by atoms with E-state index in [4.69, 9.17) is 10.2 Å². The summed E-state index contributed by atoms with van der Waals surface area (Å²) in [5.74, 6) is 0.537. The predicted octanol–water partition coefficient (Wildman–Crippen LogP) is 3.35. The molecule has 1 heterocycles. The van der Waals surface area contributed by atoms with E-state index in [2.05, 4.69) is 0 Å². The normalized spacial score (nSPS) is 10.8. The van der Waals surface area contributed by atoms with E-state index in [1.54, 1.807) is 12.1 Å². The maximum absolute atomic E-state index is 12.0. The summed E-state index contributed by atoms with van der Waals surface area (Å²) in [7, 11) is 0. The second-order valence-corrected chi connectivity index (χ2v) is 4.54. The molecule has 94 valence electrons. The van der Waals surface area contributed by atoms with Crippen LogP contribution in [0.3, 0.4) is 0 Å². The molecule has 0 aliphatic heterocycles. The summed E-state index contributed by atoms with van der Waals surface area (Å²) in [4.78, 5) is 12.0. The first-order valence-electron chi connectivity index (χ1n) is 6.04. The number of benzene rings is 2. The Bertz CT molecular complexity index is 818. The minimum atomic E-state index is -0.0454. The quantitative estimate of drug-likeness (QED) is 0.675. The van der Waals surface area contributed by atoms with Crippen LogP contribution in [0.5, 0.6) is 0 Å². The Balaban J connectivity index is 2.25. The van der Waals surface area contributed by atoms with Gasteiger partial charge in [-0.2, -0.15) is 0 Å². The first kappa shape index (κ1) is 11.5. The smallest absolute Gasteiger partial charge is 0.193 e. The fourth-order valence-electron chi connectivity index (χ4n) is 2.04. The molecule has 3 nitrogen and oxygen atoms in total. The van der Waals surface area contributed by atoms with Crippen LogP contribution in [0, 0.1) is 6.92 Å². The van der Waals surface area contributed by atoms with Crippen molar-refractivity contribution >= 4 is 16.7 Å². The molecule has 3 heteroatoms. The van der Waals surface area contributed by atoms with Crippen LogP contribution < -0.4 is 11.2 Å². The van der Waals surface area contributed by atoms with E-state index in [1.165, 1.54) is 6.07 Å². The van der Waals surface area contributed by atoms with Gasteiger partial charge in [-0.15, -0.1) is 0 Å². The lowest BCUT2D eigenvalue weighted by molar-refractivity contribution is 0.619. The van der Waals surface area contributed by atoms with E-state index >= 15 is 0 Å². The third-order valence-corrected chi connectivity index (χ3v) is 3.20. The molecule has 0 amide bonds. The lowest BCUT2D eigenvalue weighted by Crippen LogP contribution is -2.00. The predicted molar refractivity (Wildman–Crippen MR) is 77.1 cm³/mol. The van der Waals surface area contributed by atoms with Crippen molar-refractivity contribution in [2.45, 2.75) is 6.92 Å². The zero-order valence-corrected chi connectivity index (χ0v) is 10.5. The number of aryl methyl sites for hydroxylation is 1. The van der Waals surface area contributed by atoms with Gasteiger partial charge < -0.3 is 10.2 Å². The van der Waals surface area contributed by atoms with Crippen molar-refractivity contribution in [1.82, 2.24) is 0 Å². The highest BCUT2D eigenvalue weighted by atomic mass is 16.3. The summed E-state index contributed by atoms with van der Waals surface area (Å²) in [6, 6.07) is 14.4. The highest BCUT2D eigenvalue weighted by molar-refractivity contribution is 5.79. The van der Waals surface area contributed by atoms with E-state index in [1.807, 2.05) is 37.3 Å². The van der Waals surface area contributed by atoms with Crippen molar-refractivity contribution in [3.05, 3.63) is 64.3 Å².